The normalized spacial score (nSPS) is 15.0. The summed E-state index contributed by atoms with van der Waals surface area (Å²) in [7, 11) is 1.49. The molecule has 1 fully saturated rings. The van der Waals surface area contributed by atoms with Gasteiger partial charge in [-0.15, -0.1) is 0 Å². The van der Waals surface area contributed by atoms with Crippen molar-refractivity contribution in [3.63, 3.8) is 0 Å². The highest BCUT2D eigenvalue weighted by Gasteiger charge is 2.35. The Morgan fingerprint density at radius 1 is 1.13 bits per heavy atom. The Hall–Kier alpha value is -3.35. The zero-order valence-electron chi connectivity index (χ0n) is 17.5. The fourth-order valence-corrected chi connectivity index (χ4v) is 3.97. The van der Waals surface area contributed by atoms with E-state index in [4.69, 9.17) is 15.2 Å². The maximum atomic E-state index is 13.3. The van der Waals surface area contributed by atoms with Gasteiger partial charge >= 0.3 is 0 Å². The van der Waals surface area contributed by atoms with E-state index in [1.54, 1.807) is 24.3 Å². The lowest BCUT2D eigenvalue weighted by Crippen LogP contribution is -2.38. The number of halogens is 1. The van der Waals surface area contributed by atoms with Crippen LogP contribution in [0.2, 0.25) is 0 Å². The second-order valence-corrected chi connectivity index (χ2v) is 7.71. The summed E-state index contributed by atoms with van der Waals surface area (Å²) in [4.78, 5) is 23.3. The van der Waals surface area contributed by atoms with Crippen LogP contribution >= 0.6 is 0 Å². The Morgan fingerprint density at radius 3 is 2.48 bits per heavy atom. The quantitative estimate of drug-likeness (QED) is 0.602. The van der Waals surface area contributed by atoms with Gasteiger partial charge in [-0.3, -0.25) is 9.59 Å². The van der Waals surface area contributed by atoms with E-state index in [1.165, 1.54) is 25.3 Å². The van der Waals surface area contributed by atoms with E-state index < -0.39 is 5.91 Å². The molecule has 6 nitrogen and oxygen atoms in total. The van der Waals surface area contributed by atoms with Crippen molar-refractivity contribution < 1.29 is 23.5 Å². The number of rotatable bonds is 9. The van der Waals surface area contributed by atoms with Crippen LogP contribution in [0.4, 0.5) is 4.39 Å². The number of nitrogens with one attached hydrogen (secondary N) is 1. The highest BCUT2D eigenvalue weighted by atomic mass is 19.1. The molecule has 0 spiro atoms. The van der Waals surface area contributed by atoms with Gasteiger partial charge in [0.2, 0.25) is 5.91 Å². The number of hydrogen-bond donors (Lipinski definition) is 2. The van der Waals surface area contributed by atoms with Crippen LogP contribution in [0.5, 0.6) is 11.5 Å². The topological polar surface area (TPSA) is 90.7 Å². The van der Waals surface area contributed by atoms with Crippen molar-refractivity contribution in [1.82, 2.24) is 5.32 Å². The van der Waals surface area contributed by atoms with Gasteiger partial charge in [0.25, 0.3) is 5.91 Å². The molecule has 0 bridgehead atoms. The molecule has 3 rings (SSSR count). The lowest BCUT2D eigenvalue weighted by atomic mass is 9.79. The standard InChI is InChI=1S/C24H27FN2O4/c1-30-21-14-17(4-10-20(21)31-15-22(26)28)5-11-23(29)27-16-24(12-2-3-13-24)18-6-8-19(25)9-7-18/h4-11,14H,2-3,12-13,15-16H2,1H3,(H2,26,28)(H,27,29)/b11-5+. The molecule has 1 aliphatic rings. The number of primary amides is 1. The molecule has 0 atom stereocenters. The van der Waals surface area contributed by atoms with Crippen molar-refractivity contribution in [3.05, 3.63) is 65.5 Å². The zero-order valence-corrected chi connectivity index (χ0v) is 17.5. The smallest absolute Gasteiger partial charge is 0.255 e. The van der Waals surface area contributed by atoms with E-state index in [2.05, 4.69) is 5.32 Å². The summed E-state index contributed by atoms with van der Waals surface area (Å²) < 4.78 is 23.9. The fourth-order valence-electron chi connectivity index (χ4n) is 3.97. The molecule has 164 valence electrons. The van der Waals surface area contributed by atoms with Crippen molar-refractivity contribution in [3.8, 4) is 11.5 Å². The minimum absolute atomic E-state index is 0.153. The molecule has 0 radical (unpaired) electrons. The predicted octanol–water partition coefficient (Wildman–Crippen LogP) is 3.34. The minimum atomic E-state index is -0.580. The molecule has 2 amide bonds. The van der Waals surface area contributed by atoms with Crippen molar-refractivity contribution in [2.24, 2.45) is 5.73 Å². The Labute approximate surface area is 181 Å². The lowest BCUT2D eigenvalue weighted by Gasteiger charge is -2.29. The Bertz CT molecular complexity index is 951. The van der Waals surface area contributed by atoms with Crippen molar-refractivity contribution >= 4 is 17.9 Å². The van der Waals surface area contributed by atoms with Gasteiger partial charge in [-0.2, -0.15) is 0 Å². The van der Waals surface area contributed by atoms with Gasteiger partial charge < -0.3 is 20.5 Å². The summed E-state index contributed by atoms with van der Waals surface area (Å²) in [6.07, 6.45) is 7.25. The summed E-state index contributed by atoms with van der Waals surface area (Å²) in [5, 5.41) is 2.99. The van der Waals surface area contributed by atoms with Crippen LogP contribution in [0, 0.1) is 5.82 Å². The van der Waals surface area contributed by atoms with E-state index in [9.17, 15) is 14.0 Å². The molecule has 1 aliphatic carbocycles. The highest BCUT2D eigenvalue weighted by Crippen LogP contribution is 2.40. The molecule has 0 aliphatic heterocycles. The molecule has 2 aromatic carbocycles. The Kier molecular flexibility index (Phi) is 7.28. The SMILES string of the molecule is COc1cc(/C=C/C(=O)NCC2(c3ccc(F)cc3)CCCC2)ccc1OCC(N)=O. The first-order chi connectivity index (χ1) is 14.9. The monoisotopic (exact) mass is 426 g/mol. The number of amides is 2. The third-order valence-electron chi connectivity index (χ3n) is 5.60. The van der Waals surface area contributed by atoms with Gasteiger partial charge in [0.15, 0.2) is 18.1 Å². The number of hydrogen-bond acceptors (Lipinski definition) is 4. The van der Waals surface area contributed by atoms with Gasteiger partial charge in [0.05, 0.1) is 7.11 Å². The van der Waals surface area contributed by atoms with E-state index in [1.807, 2.05) is 12.1 Å². The molecular formula is C24H27FN2O4. The van der Waals surface area contributed by atoms with Crippen LogP contribution in [0.25, 0.3) is 6.08 Å². The molecule has 0 aromatic heterocycles. The van der Waals surface area contributed by atoms with Gasteiger partial charge in [0, 0.05) is 18.0 Å². The van der Waals surface area contributed by atoms with Crippen molar-refractivity contribution in [2.45, 2.75) is 31.1 Å². The first kappa shape index (κ1) is 22.3. The number of benzene rings is 2. The fraction of sp³-hybridized carbons (Fsp3) is 0.333. The molecule has 0 heterocycles. The lowest BCUT2D eigenvalue weighted by molar-refractivity contribution is -0.120. The summed E-state index contributed by atoms with van der Waals surface area (Å²) in [6, 6.07) is 11.7. The summed E-state index contributed by atoms with van der Waals surface area (Å²) in [5.74, 6) is -0.217. The van der Waals surface area contributed by atoms with E-state index >= 15 is 0 Å². The van der Waals surface area contributed by atoms with Crippen LogP contribution in [0.15, 0.2) is 48.5 Å². The number of ether oxygens (including phenoxy) is 2. The molecular weight excluding hydrogens is 399 g/mol. The number of methoxy groups -OCH3 is 1. The third-order valence-corrected chi connectivity index (χ3v) is 5.60. The van der Waals surface area contributed by atoms with E-state index in [0.717, 1.165) is 36.8 Å². The Morgan fingerprint density at radius 2 is 1.84 bits per heavy atom. The second-order valence-electron chi connectivity index (χ2n) is 7.71. The van der Waals surface area contributed by atoms with Crippen molar-refractivity contribution in [1.29, 1.82) is 0 Å². The second kappa shape index (κ2) is 10.1. The Balaban J connectivity index is 1.63. The van der Waals surface area contributed by atoms with E-state index in [0.29, 0.717) is 18.0 Å². The van der Waals surface area contributed by atoms with E-state index in [-0.39, 0.29) is 23.7 Å². The van der Waals surface area contributed by atoms with Gasteiger partial charge in [-0.05, 0) is 54.3 Å². The van der Waals surface area contributed by atoms with Crippen LogP contribution in [0.3, 0.4) is 0 Å². The molecule has 31 heavy (non-hydrogen) atoms. The van der Waals surface area contributed by atoms with Crippen LogP contribution in [0.1, 0.15) is 36.8 Å². The number of carbonyl (C=O) groups excluding carboxylic acids is 2. The van der Waals surface area contributed by atoms with Crippen LogP contribution in [-0.2, 0) is 15.0 Å². The number of carbonyl (C=O) groups is 2. The first-order valence-electron chi connectivity index (χ1n) is 10.2. The van der Waals surface area contributed by atoms with Crippen LogP contribution in [-0.4, -0.2) is 32.1 Å². The molecule has 1 saturated carbocycles. The molecule has 3 N–H and O–H groups in total. The zero-order chi connectivity index (χ0) is 22.3. The van der Waals surface area contributed by atoms with Gasteiger partial charge in [-0.25, -0.2) is 4.39 Å². The third kappa shape index (κ3) is 5.84. The van der Waals surface area contributed by atoms with Gasteiger partial charge in [0.1, 0.15) is 5.82 Å². The van der Waals surface area contributed by atoms with Crippen LogP contribution < -0.4 is 20.5 Å². The summed E-state index contributed by atoms with van der Waals surface area (Å²) in [5.41, 5.74) is 6.74. The average molecular weight is 426 g/mol. The number of nitrogens with two attached hydrogens (primary N) is 1. The summed E-state index contributed by atoms with van der Waals surface area (Å²) in [6.45, 7) is 0.259. The predicted molar refractivity (Wildman–Crippen MR) is 116 cm³/mol. The van der Waals surface area contributed by atoms with Gasteiger partial charge in [-0.1, -0.05) is 31.0 Å². The van der Waals surface area contributed by atoms with Crippen molar-refractivity contribution in [2.75, 3.05) is 20.3 Å². The first-order valence-corrected chi connectivity index (χ1v) is 10.2. The molecule has 0 unspecified atom stereocenters. The average Bonchev–Trinajstić information content (AvgIpc) is 3.25. The molecule has 7 heteroatoms. The largest absolute Gasteiger partial charge is 0.493 e. The minimum Gasteiger partial charge on any atom is -0.493 e. The highest BCUT2D eigenvalue weighted by molar-refractivity contribution is 5.91. The molecule has 2 aromatic rings. The summed E-state index contributed by atoms with van der Waals surface area (Å²) >= 11 is 0. The maximum absolute atomic E-state index is 13.3. The molecule has 0 saturated heterocycles. The maximum Gasteiger partial charge on any atom is 0.255 e.